The largest absolute Gasteiger partial charge is 0.494 e. The van der Waals surface area contributed by atoms with Crippen LogP contribution in [-0.4, -0.2) is 30.3 Å². The number of thiazole rings is 1. The summed E-state index contributed by atoms with van der Waals surface area (Å²) in [4.78, 5) is 33.0. The standard InChI is InChI=1S/C33H33N3O5S/c1-6-40-25-15-13-23(14-16-25)30-29(31(37)35-24-10-8-7-9-11-24)21(4)34-33-36(30)32(38)28(42-33)19-22-12-17-26(41-20(2)3)27(18-22)39-5/h7-20,30H,6H2,1-5H3,(H,35,37)/b28-19-/t30-/m1/s1. The van der Waals surface area contributed by atoms with E-state index in [4.69, 9.17) is 19.2 Å². The Morgan fingerprint density at radius 3 is 2.48 bits per heavy atom. The summed E-state index contributed by atoms with van der Waals surface area (Å²) >= 11 is 1.28. The van der Waals surface area contributed by atoms with E-state index in [0.29, 0.717) is 50.1 Å². The molecule has 0 aliphatic carbocycles. The van der Waals surface area contributed by atoms with E-state index in [1.165, 1.54) is 11.3 Å². The Morgan fingerprint density at radius 2 is 1.81 bits per heavy atom. The van der Waals surface area contributed by atoms with E-state index < -0.39 is 6.04 Å². The molecule has 0 saturated heterocycles. The molecule has 1 aliphatic rings. The molecule has 1 amide bonds. The molecule has 0 saturated carbocycles. The highest BCUT2D eigenvalue weighted by molar-refractivity contribution is 7.07. The summed E-state index contributed by atoms with van der Waals surface area (Å²) in [5.41, 5.74) is 2.92. The molecule has 2 heterocycles. The predicted molar refractivity (Wildman–Crippen MR) is 165 cm³/mol. The maximum Gasteiger partial charge on any atom is 0.271 e. The molecule has 216 valence electrons. The third kappa shape index (κ3) is 6.01. The van der Waals surface area contributed by atoms with Crippen LogP contribution in [0.3, 0.4) is 0 Å². The van der Waals surface area contributed by atoms with Crippen molar-refractivity contribution in [2.24, 2.45) is 4.99 Å². The van der Waals surface area contributed by atoms with Gasteiger partial charge >= 0.3 is 0 Å². The van der Waals surface area contributed by atoms with E-state index in [9.17, 15) is 9.59 Å². The number of ether oxygens (including phenoxy) is 3. The van der Waals surface area contributed by atoms with Crippen LogP contribution in [0.25, 0.3) is 6.08 Å². The highest BCUT2D eigenvalue weighted by Crippen LogP contribution is 2.32. The number of para-hydroxylation sites is 1. The first-order valence-corrected chi connectivity index (χ1v) is 14.6. The number of anilines is 1. The molecule has 3 aromatic carbocycles. The van der Waals surface area contributed by atoms with Crippen LogP contribution in [0, 0.1) is 0 Å². The molecule has 1 aromatic heterocycles. The fourth-order valence-electron chi connectivity index (χ4n) is 4.84. The minimum absolute atomic E-state index is 0.00688. The van der Waals surface area contributed by atoms with Crippen molar-refractivity contribution in [1.82, 2.24) is 4.57 Å². The molecule has 1 aliphatic heterocycles. The van der Waals surface area contributed by atoms with Crippen molar-refractivity contribution in [3.8, 4) is 17.2 Å². The van der Waals surface area contributed by atoms with Crippen molar-refractivity contribution in [1.29, 1.82) is 0 Å². The van der Waals surface area contributed by atoms with Crippen LogP contribution in [0.1, 0.15) is 44.9 Å². The van der Waals surface area contributed by atoms with E-state index in [1.807, 2.05) is 99.6 Å². The van der Waals surface area contributed by atoms with Gasteiger partial charge in [-0.1, -0.05) is 47.7 Å². The number of hydrogen-bond donors (Lipinski definition) is 1. The Labute approximate surface area is 248 Å². The first kappa shape index (κ1) is 28.9. The summed E-state index contributed by atoms with van der Waals surface area (Å²) < 4.78 is 19.1. The van der Waals surface area contributed by atoms with E-state index in [1.54, 1.807) is 18.6 Å². The van der Waals surface area contributed by atoms with Crippen LogP contribution in [0.2, 0.25) is 0 Å². The molecule has 9 heteroatoms. The molecule has 0 bridgehead atoms. The number of carbonyl (C=O) groups is 1. The summed E-state index contributed by atoms with van der Waals surface area (Å²) in [6.45, 7) is 8.16. The number of nitrogens with one attached hydrogen (secondary N) is 1. The predicted octanol–water partition coefficient (Wildman–Crippen LogP) is 5.07. The number of nitrogens with zero attached hydrogens (tertiary/aromatic N) is 2. The fourth-order valence-corrected chi connectivity index (χ4v) is 5.88. The summed E-state index contributed by atoms with van der Waals surface area (Å²) in [6, 6.07) is 21.6. The van der Waals surface area contributed by atoms with Gasteiger partial charge in [-0.2, -0.15) is 0 Å². The highest BCUT2D eigenvalue weighted by Gasteiger charge is 2.32. The summed E-state index contributed by atoms with van der Waals surface area (Å²) in [7, 11) is 1.59. The number of carbonyl (C=O) groups excluding carboxylic acids is 1. The van der Waals surface area contributed by atoms with Crippen LogP contribution in [0.4, 0.5) is 5.69 Å². The maximum absolute atomic E-state index is 14.0. The number of methoxy groups -OCH3 is 1. The molecule has 8 nitrogen and oxygen atoms in total. The monoisotopic (exact) mass is 583 g/mol. The van der Waals surface area contributed by atoms with Gasteiger partial charge in [0.2, 0.25) is 0 Å². The van der Waals surface area contributed by atoms with Gasteiger partial charge in [0, 0.05) is 5.69 Å². The van der Waals surface area contributed by atoms with E-state index in [0.717, 1.165) is 11.1 Å². The van der Waals surface area contributed by atoms with Crippen LogP contribution in [-0.2, 0) is 4.79 Å². The average Bonchev–Trinajstić information content (AvgIpc) is 3.27. The van der Waals surface area contributed by atoms with Crippen molar-refractivity contribution < 1.29 is 19.0 Å². The Kier molecular flexibility index (Phi) is 8.59. The third-order valence-corrected chi connectivity index (χ3v) is 7.64. The van der Waals surface area contributed by atoms with Gasteiger partial charge in [-0.15, -0.1) is 0 Å². The Balaban J connectivity index is 1.62. The second-order valence-corrected chi connectivity index (χ2v) is 11.0. The number of allylic oxidation sites excluding steroid dienone is 1. The first-order chi connectivity index (χ1) is 20.3. The fraction of sp³-hybridized carbons (Fsp3) is 0.242. The number of aromatic nitrogens is 1. The lowest BCUT2D eigenvalue weighted by Crippen LogP contribution is -2.40. The van der Waals surface area contributed by atoms with Crippen LogP contribution < -0.4 is 34.4 Å². The number of hydrogen-bond acceptors (Lipinski definition) is 7. The molecule has 0 radical (unpaired) electrons. The zero-order valence-corrected chi connectivity index (χ0v) is 25.0. The van der Waals surface area contributed by atoms with E-state index in [-0.39, 0.29) is 17.6 Å². The molecule has 1 N–H and O–H groups in total. The minimum Gasteiger partial charge on any atom is -0.494 e. The minimum atomic E-state index is -0.681. The number of benzene rings is 3. The van der Waals surface area contributed by atoms with E-state index in [2.05, 4.69) is 5.32 Å². The van der Waals surface area contributed by atoms with Crippen molar-refractivity contribution in [2.75, 3.05) is 19.0 Å². The molecule has 0 spiro atoms. The smallest absolute Gasteiger partial charge is 0.271 e. The summed E-state index contributed by atoms with van der Waals surface area (Å²) in [5.74, 6) is 1.60. The van der Waals surface area contributed by atoms with Gasteiger partial charge in [-0.25, -0.2) is 4.99 Å². The molecule has 4 aromatic rings. The number of amides is 1. The normalized spacial score (nSPS) is 14.8. The van der Waals surface area contributed by atoms with Crippen molar-refractivity contribution in [2.45, 2.75) is 39.8 Å². The van der Waals surface area contributed by atoms with Gasteiger partial charge in [0.05, 0.1) is 41.7 Å². The van der Waals surface area contributed by atoms with Gasteiger partial charge in [-0.05, 0) is 81.3 Å². The van der Waals surface area contributed by atoms with Crippen LogP contribution >= 0.6 is 11.3 Å². The lowest BCUT2D eigenvalue weighted by molar-refractivity contribution is -0.113. The van der Waals surface area contributed by atoms with E-state index >= 15 is 0 Å². The van der Waals surface area contributed by atoms with Crippen molar-refractivity contribution >= 4 is 29.0 Å². The lowest BCUT2D eigenvalue weighted by Gasteiger charge is -2.25. The van der Waals surface area contributed by atoms with Gasteiger partial charge in [-0.3, -0.25) is 14.2 Å². The topological polar surface area (TPSA) is 91.2 Å². The Bertz CT molecular complexity index is 1810. The second-order valence-electron chi connectivity index (χ2n) is 9.98. The van der Waals surface area contributed by atoms with Gasteiger partial charge in [0.25, 0.3) is 11.5 Å². The number of fused-ring (bicyclic) bond motifs is 1. The van der Waals surface area contributed by atoms with Gasteiger partial charge in [0.15, 0.2) is 16.3 Å². The molecule has 1 atom stereocenters. The van der Waals surface area contributed by atoms with Crippen LogP contribution in [0.5, 0.6) is 17.2 Å². The molecule has 5 rings (SSSR count). The summed E-state index contributed by atoms with van der Waals surface area (Å²) in [6.07, 6.45) is 1.80. The SMILES string of the molecule is CCOc1ccc([C@@H]2C(C(=O)Nc3ccccc3)=C(C)N=c3s/c(=C\c4ccc(OC(C)C)c(OC)c4)c(=O)n32)cc1. The third-order valence-electron chi connectivity index (χ3n) is 6.65. The van der Waals surface area contributed by atoms with Crippen LogP contribution in [0.15, 0.2) is 93.9 Å². The zero-order valence-electron chi connectivity index (χ0n) is 24.2. The molecule has 42 heavy (non-hydrogen) atoms. The first-order valence-electron chi connectivity index (χ1n) is 13.8. The summed E-state index contributed by atoms with van der Waals surface area (Å²) in [5, 5.41) is 2.97. The molecule has 0 fully saturated rings. The zero-order chi connectivity index (χ0) is 29.8. The van der Waals surface area contributed by atoms with Crippen molar-refractivity contribution in [3.63, 3.8) is 0 Å². The molecular formula is C33H33N3O5S. The lowest BCUT2D eigenvalue weighted by atomic mass is 9.95. The maximum atomic E-state index is 14.0. The number of rotatable bonds is 9. The second kappa shape index (κ2) is 12.5. The van der Waals surface area contributed by atoms with Gasteiger partial charge in [0.1, 0.15) is 5.75 Å². The molecule has 0 unspecified atom stereocenters. The molecular weight excluding hydrogens is 550 g/mol. The van der Waals surface area contributed by atoms with Gasteiger partial charge < -0.3 is 19.5 Å². The average molecular weight is 584 g/mol. The van der Waals surface area contributed by atoms with Crippen molar-refractivity contribution in [3.05, 3.63) is 115 Å². The quantitative estimate of drug-likeness (QED) is 0.297. The highest BCUT2D eigenvalue weighted by atomic mass is 32.1. The Hall–Kier alpha value is -4.63. The Morgan fingerprint density at radius 1 is 1.07 bits per heavy atom.